The van der Waals surface area contributed by atoms with E-state index in [-0.39, 0.29) is 17.3 Å². The highest BCUT2D eigenvalue weighted by atomic mass is 16.5. The van der Waals surface area contributed by atoms with Gasteiger partial charge in [-0.15, -0.1) is 10.2 Å². The molecule has 9 heteroatoms. The maximum absolute atomic E-state index is 12.0. The molecule has 3 aromatic rings. The van der Waals surface area contributed by atoms with Crippen molar-refractivity contribution in [2.45, 2.75) is 6.42 Å². The third kappa shape index (κ3) is 2.32. The number of H-pyrrole nitrogens is 1. The molecule has 0 aliphatic heterocycles. The second-order valence-corrected chi connectivity index (χ2v) is 4.56. The van der Waals surface area contributed by atoms with E-state index < -0.39 is 0 Å². The summed E-state index contributed by atoms with van der Waals surface area (Å²) in [5, 5.41) is 11.5. The smallest absolute Gasteiger partial charge is 0.274 e. The summed E-state index contributed by atoms with van der Waals surface area (Å²) >= 11 is 0. The summed E-state index contributed by atoms with van der Waals surface area (Å²) < 4.78 is 11.7. The van der Waals surface area contributed by atoms with Crippen LogP contribution in [0.5, 0.6) is 11.5 Å². The fourth-order valence-electron chi connectivity index (χ4n) is 2.11. The van der Waals surface area contributed by atoms with E-state index >= 15 is 0 Å². The van der Waals surface area contributed by atoms with Crippen LogP contribution in [0.4, 0.5) is 5.95 Å². The minimum absolute atomic E-state index is 0.111. The summed E-state index contributed by atoms with van der Waals surface area (Å²) in [4.78, 5) is 14.6. The Morgan fingerprint density at radius 1 is 1.23 bits per heavy atom. The Morgan fingerprint density at radius 2 is 2.00 bits per heavy atom. The number of nitrogens with one attached hydrogen (secondary N) is 1. The van der Waals surface area contributed by atoms with E-state index in [4.69, 9.17) is 15.2 Å². The van der Waals surface area contributed by atoms with Crippen molar-refractivity contribution in [3.8, 4) is 11.5 Å². The summed E-state index contributed by atoms with van der Waals surface area (Å²) in [7, 11) is 3.11. The molecule has 114 valence electrons. The average molecular weight is 302 g/mol. The van der Waals surface area contributed by atoms with Gasteiger partial charge in [-0.3, -0.25) is 9.78 Å². The SMILES string of the molecule is COc1ccc(Cc2nn3c(N)nnc3[nH]c2=O)cc1OC. The first-order chi connectivity index (χ1) is 10.6. The van der Waals surface area contributed by atoms with E-state index in [1.165, 1.54) is 4.52 Å². The number of aromatic nitrogens is 5. The number of hydrogen-bond donors (Lipinski definition) is 2. The molecule has 0 bridgehead atoms. The lowest BCUT2D eigenvalue weighted by atomic mass is 10.1. The number of hydrogen-bond acceptors (Lipinski definition) is 7. The van der Waals surface area contributed by atoms with Gasteiger partial charge in [-0.05, 0) is 17.7 Å². The standard InChI is InChI=1S/C13H14N6O3/c1-21-9-4-3-7(6-10(9)22-2)5-8-11(20)15-13-17-16-12(14)19(13)18-8/h3-4,6H,5H2,1-2H3,(H2,14,16)(H,15,17,20). The van der Waals surface area contributed by atoms with Crippen molar-refractivity contribution in [2.24, 2.45) is 0 Å². The molecule has 1 aromatic carbocycles. The van der Waals surface area contributed by atoms with Crippen LogP contribution in [0, 0.1) is 0 Å². The molecule has 0 radical (unpaired) electrons. The number of methoxy groups -OCH3 is 2. The summed E-state index contributed by atoms with van der Waals surface area (Å²) in [5.74, 6) is 1.52. The van der Waals surface area contributed by atoms with Crippen molar-refractivity contribution >= 4 is 11.7 Å². The molecular weight excluding hydrogens is 288 g/mol. The number of rotatable bonds is 4. The zero-order valence-corrected chi connectivity index (χ0v) is 12.0. The number of anilines is 1. The largest absolute Gasteiger partial charge is 0.493 e. The Morgan fingerprint density at radius 3 is 2.73 bits per heavy atom. The highest BCUT2D eigenvalue weighted by Gasteiger charge is 2.11. The highest BCUT2D eigenvalue weighted by Crippen LogP contribution is 2.28. The van der Waals surface area contributed by atoms with Crippen LogP contribution in [0.2, 0.25) is 0 Å². The second kappa shape index (κ2) is 5.35. The quantitative estimate of drug-likeness (QED) is 0.696. The predicted octanol–water partition coefficient (Wildman–Crippen LogP) is 0.00280. The number of nitrogen functional groups attached to an aromatic ring is 1. The van der Waals surface area contributed by atoms with Gasteiger partial charge in [-0.25, -0.2) is 0 Å². The molecule has 0 spiro atoms. The minimum atomic E-state index is -0.338. The molecule has 22 heavy (non-hydrogen) atoms. The van der Waals surface area contributed by atoms with Crippen molar-refractivity contribution in [1.29, 1.82) is 0 Å². The molecule has 0 amide bonds. The number of fused-ring (bicyclic) bond motifs is 1. The van der Waals surface area contributed by atoms with Gasteiger partial charge in [-0.2, -0.15) is 9.61 Å². The Balaban J connectivity index is 2.00. The van der Waals surface area contributed by atoms with Crippen LogP contribution < -0.4 is 20.8 Å². The molecule has 3 rings (SSSR count). The van der Waals surface area contributed by atoms with Crippen molar-refractivity contribution < 1.29 is 9.47 Å². The van der Waals surface area contributed by atoms with Crippen LogP contribution in [0.1, 0.15) is 11.3 Å². The summed E-state index contributed by atoms with van der Waals surface area (Å²) in [6.45, 7) is 0. The van der Waals surface area contributed by atoms with Gasteiger partial charge in [0.05, 0.1) is 14.2 Å². The van der Waals surface area contributed by atoms with E-state index in [0.717, 1.165) is 5.56 Å². The first-order valence-corrected chi connectivity index (χ1v) is 6.43. The minimum Gasteiger partial charge on any atom is -0.493 e. The normalized spacial score (nSPS) is 10.8. The Kier molecular flexibility index (Phi) is 3.37. The van der Waals surface area contributed by atoms with E-state index in [0.29, 0.717) is 23.6 Å². The van der Waals surface area contributed by atoms with Crippen LogP contribution in [-0.2, 0) is 6.42 Å². The Labute approximate surface area is 124 Å². The van der Waals surface area contributed by atoms with Gasteiger partial charge in [-0.1, -0.05) is 6.07 Å². The van der Waals surface area contributed by atoms with Gasteiger partial charge in [0.15, 0.2) is 11.5 Å². The first kappa shape index (κ1) is 13.9. The predicted molar refractivity (Wildman–Crippen MR) is 78.2 cm³/mol. The number of aromatic amines is 1. The Bertz CT molecular complexity index is 885. The maximum Gasteiger partial charge on any atom is 0.274 e. The molecule has 9 nitrogen and oxygen atoms in total. The van der Waals surface area contributed by atoms with E-state index in [2.05, 4.69) is 20.3 Å². The molecule has 0 fully saturated rings. The van der Waals surface area contributed by atoms with Crippen molar-refractivity contribution in [1.82, 2.24) is 24.8 Å². The van der Waals surface area contributed by atoms with Gasteiger partial charge in [0.25, 0.3) is 11.3 Å². The zero-order valence-electron chi connectivity index (χ0n) is 12.0. The van der Waals surface area contributed by atoms with Crippen LogP contribution in [-0.4, -0.2) is 39.0 Å². The first-order valence-electron chi connectivity index (χ1n) is 6.43. The van der Waals surface area contributed by atoms with E-state index in [1.54, 1.807) is 26.4 Å². The second-order valence-electron chi connectivity index (χ2n) is 4.56. The molecule has 2 aromatic heterocycles. The van der Waals surface area contributed by atoms with Crippen molar-refractivity contribution in [2.75, 3.05) is 20.0 Å². The molecule has 0 saturated carbocycles. The fraction of sp³-hybridized carbons (Fsp3) is 0.231. The molecule has 0 aliphatic carbocycles. The lowest BCUT2D eigenvalue weighted by molar-refractivity contribution is 0.354. The van der Waals surface area contributed by atoms with Gasteiger partial charge in [0.1, 0.15) is 5.69 Å². The van der Waals surface area contributed by atoms with Crippen LogP contribution >= 0.6 is 0 Å². The average Bonchev–Trinajstić information content (AvgIpc) is 2.88. The van der Waals surface area contributed by atoms with Gasteiger partial charge < -0.3 is 15.2 Å². The third-order valence-corrected chi connectivity index (χ3v) is 3.19. The van der Waals surface area contributed by atoms with Gasteiger partial charge in [0, 0.05) is 6.42 Å². The van der Waals surface area contributed by atoms with Crippen molar-refractivity contribution in [3.63, 3.8) is 0 Å². The number of nitrogens with zero attached hydrogens (tertiary/aromatic N) is 4. The highest BCUT2D eigenvalue weighted by molar-refractivity contribution is 5.44. The van der Waals surface area contributed by atoms with Crippen LogP contribution in [0.25, 0.3) is 5.78 Å². The van der Waals surface area contributed by atoms with E-state index in [9.17, 15) is 4.79 Å². The molecule has 0 atom stereocenters. The topological polar surface area (TPSA) is 120 Å². The number of ether oxygens (including phenoxy) is 2. The molecule has 0 unspecified atom stereocenters. The van der Waals surface area contributed by atoms with Gasteiger partial charge >= 0.3 is 0 Å². The number of nitrogens with two attached hydrogens (primary N) is 1. The zero-order chi connectivity index (χ0) is 15.7. The monoisotopic (exact) mass is 302 g/mol. The maximum atomic E-state index is 12.0. The lowest BCUT2D eigenvalue weighted by Crippen LogP contribution is -2.19. The molecule has 0 saturated heterocycles. The molecule has 0 aliphatic rings. The fourth-order valence-corrected chi connectivity index (χ4v) is 2.11. The van der Waals surface area contributed by atoms with Crippen molar-refractivity contribution in [3.05, 3.63) is 39.8 Å². The summed E-state index contributed by atoms with van der Waals surface area (Å²) in [5.41, 5.74) is 6.45. The molecule has 2 heterocycles. The third-order valence-electron chi connectivity index (χ3n) is 3.19. The molecular formula is C13H14N6O3. The summed E-state index contributed by atoms with van der Waals surface area (Å²) in [6, 6.07) is 5.40. The summed E-state index contributed by atoms with van der Waals surface area (Å²) in [6.07, 6.45) is 0.309. The van der Waals surface area contributed by atoms with Crippen LogP contribution in [0.15, 0.2) is 23.0 Å². The molecule has 3 N–H and O–H groups in total. The lowest BCUT2D eigenvalue weighted by Gasteiger charge is -2.09. The Hall–Kier alpha value is -3.10. The van der Waals surface area contributed by atoms with E-state index in [1.807, 2.05) is 6.07 Å². The van der Waals surface area contributed by atoms with Gasteiger partial charge in [0.2, 0.25) is 5.95 Å². The van der Waals surface area contributed by atoms with Crippen LogP contribution in [0.3, 0.4) is 0 Å². The number of benzene rings is 1.